The third-order valence-corrected chi connectivity index (χ3v) is 5.89. The van der Waals surface area contributed by atoms with Crippen LogP contribution < -0.4 is 0 Å². The van der Waals surface area contributed by atoms with Gasteiger partial charge in [0.25, 0.3) is 0 Å². The van der Waals surface area contributed by atoms with E-state index in [1.165, 1.54) is 0 Å². The molecule has 3 fully saturated rings. The van der Waals surface area contributed by atoms with Crippen LogP contribution in [0, 0.1) is 5.92 Å². The summed E-state index contributed by atoms with van der Waals surface area (Å²) >= 11 is 1.63. The van der Waals surface area contributed by atoms with Crippen molar-refractivity contribution in [1.82, 2.24) is 14.8 Å². The molecular formula is C16H21N3O2S. The minimum absolute atomic E-state index is 0.117. The van der Waals surface area contributed by atoms with Gasteiger partial charge >= 0.3 is 0 Å². The number of carbonyl (C=O) groups is 2. The van der Waals surface area contributed by atoms with Crippen LogP contribution >= 0.6 is 11.3 Å². The fourth-order valence-corrected chi connectivity index (χ4v) is 4.51. The predicted octanol–water partition coefficient (Wildman–Crippen LogP) is 2.21. The molecule has 0 radical (unpaired) electrons. The van der Waals surface area contributed by atoms with Gasteiger partial charge in [-0.2, -0.15) is 0 Å². The molecule has 4 rings (SSSR count). The van der Waals surface area contributed by atoms with Gasteiger partial charge in [0.2, 0.25) is 11.8 Å². The molecule has 0 bridgehead atoms. The highest BCUT2D eigenvalue weighted by molar-refractivity contribution is 7.09. The second-order valence-corrected chi connectivity index (χ2v) is 7.52. The summed E-state index contributed by atoms with van der Waals surface area (Å²) in [6.07, 6.45) is 7.62. The van der Waals surface area contributed by atoms with Crippen molar-refractivity contribution in [3.05, 3.63) is 16.6 Å². The van der Waals surface area contributed by atoms with Gasteiger partial charge < -0.3 is 9.80 Å². The first kappa shape index (κ1) is 14.2. The molecule has 0 N–H and O–H groups in total. The normalized spacial score (nSPS) is 29.2. The van der Waals surface area contributed by atoms with Crippen LogP contribution in [-0.2, 0) is 9.59 Å². The maximum absolute atomic E-state index is 13.0. The van der Waals surface area contributed by atoms with Crippen LogP contribution in [0.4, 0.5) is 0 Å². The molecule has 1 aromatic heterocycles. The Morgan fingerprint density at radius 1 is 1.27 bits per heavy atom. The minimum atomic E-state index is -0.145. The van der Waals surface area contributed by atoms with Crippen molar-refractivity contribution in [3.8, 4) is 0 Å². The summed E-state index contributed by atoms with van der Waals surface area (Å²) in [5.74, 6) is 0.189. The Bertz CT molecular complexity index is 570. The molecule has 6 heteroatoms. The van der Waals surface area contributed by atoms with Crippen molar-refractivity contribution in [3.63, 3.8) is 0 Å². The molecule has 118 valence electrons. The summed E-state index contributed by atoms with van der Waals surface area (Å²) in [4.78, 5) is 33.4. The number of nitrogens with zero attached hydrogens (tertiary/aromatic N) is 3. The summed E-state index contributed by atoms with van der Waals surface area (Å²) < 4.78 is 0. The summed E-state index contributed by atoms with van der Waals surface area (Å²) in [5.41, 5.74) is 0. The van der Waals surface area contributed by atoms with Crippen LogP contribution in [-0.4, -0.2) is 45.7 Å². The molecule has 2 aliphatic heterocycles. The number of rotatable bonds is 3. The Kier molecular flexibility index (Phi) is 3.64. The van der Waals surface area contributed by atoms with E-state index in [-0.39, 0.29) is 23.8 Å². The van der Waals surface area contributed by atoms with Gasteiger partial charge in [0.15, 0.2) is 0 Å². The van der Waals surface area contributed by atoms with E-state index in [9.17, 15) is 9.59 Å². The van der Waals surface area contributed by atoms with Gasteiger partial charge in [-0.3, -0.25) is 9.59 Å². The third-order valence-electron chi connectivity index (χ3n) is 5.02. The monoisotopic (exact) mass is 319 g/mol. The number of likely N-dealkylation sites (tertiary alicyclic amines) is 2. The van der Waals surface area contributed by atoms with Crippen molar-refractivity contribution in [2.45, 2.75) is 50.6 Å². The van der Waals surface area contributed by atoms with Gasteiger partial charge in [-0.25, -0.2) is 4.98 Å². The highest BCUT2D eigenvalue weighted by Crippen LogP contribution is 2.37. The zero-order valence-corrected chi connectivity index (χ0v) is 13.4. The molecule has 3 heterocycles. The highest BCUT2D eigenvalue weighted by Gasteiger charge is 2.44. The maximum Gasteiger partial charge on any atom is 0.228 e. The SMILES string of the molecule is O=C1C[C@@H](C(=O)N2CCCC[C@@H]2c2nccs2)CN1C1CC1. The predicted molar refractivity (Wildman–Crippen MR) is 83.3 cm³/mol. The molecule has 1 saturated carbocycles. The first-order valence-electron chi connectivity index (χ1n) is 8.23. The lowest BCUT2D eigenvalue weighted by molar-refractivity contribution is -0.139. The van der Waals surface area contributed by atoms with E-state index >= 15 is 0 Å². The van der Waals surface area contributed by atoms with Crippen LogP contribution in [0.1, 0.15) is 49.6 Å². The molecule has 1 aromatic rings. The van der Waals surface area contributed by atoms with Gasteiger partial charge in [0.1, 0.15) is 5.01 Å². The minimum Gasteiger partial charge on any atom is -0.339 e. The molecule has 2 amide bonds. The third kappa shape index (κ3) is 2.53. The molecular weight excluding hydrogens is 298 g/mol. The number of amides is 2. The van der Waals surface area contributed by atoms with Crippen molar-refractivity contribution in [2.24, 2.45) is 5.92 Å². The topological polar surface area (TPSA) is 53.5 Å². The van der Waals surface area contributed by atoms with E-state index in [4.69, 9.17) is 0 Å². The quantitative estimate of drug-likeness (QED) is 0.858. The average molecular weight is 319 g/mol. The Morgan fingerprint density at radius 3 is 2.86 bits per heavy atom. The smallest absolute Gasteiger partial charge is 0.228 e. The molecule has 0 unspecified atom stereocenters. The van der Waals surface area contributed by atoms with E-state index in [0.29, 0.717) is 19.0 Å². The molecule has 2 saturated heterocycles. The van der Waals surface area contributed by atoms with Gasteiger partial charge in [-0.1, -0.05) is 0 Å². The van der Waals surface area contributed by atoms with E-state index in [1.807, 2.05) is 21.4 Å². The number of carbonyl (C=O) groups excluding carboxylic acids is 2. The van der Waals surface area contributed by atoms with Crippen molar-refractivity contribution < 1.29 is 9.59 Å². The summed E-state index contributed by atoms with van der Waals surface area (Å²) in [7, 11) is 0. The van der Waals surface area contributed by atoms with Crippen molar-refractivity contribution in [1.29, 1.82) is 0 Å². The van der Waals surface area contributed by atoms with Crippen LogP contribution in [0.5, 0.6) is 0 Å². The average Bonchev–Trinajstić information content (AvgIpc) is 3.09. The fourth-order valence-electron chi connectivity index (χ4n) is 3.72. The van der Waals surface area contributed by atoms with Crippen LogP contribution in [0.3, 0.4) is 0 Å². The number of piperidine rings is 1. The summed E-state index contributed by atoms with van der Waals surface area (Å²) in [6.45, 7) is 1.43. The first-order chi connectivity index (χ1) is 10.7. The first-order valence-corrected chi connectivity index (χ1v) is 9.11. The number of aromatic nitrogens is 1. The van der Waals surface area contributed by atoms with Crippen molar-refractivity contribution in [2.75, 3.05) is 13.1 Å². The van der Waals surface area contributed by atoms with E-state index in [1.54, 1.807) is 11.3 Å². The molecule has 22 heavy (non-hydrogen) atoms. The van der Waals surface area contributed by atoms with Gasteiger partial charge in [0.05, 0.1) is 12.0 Å². The maximum atomic E-state index is 13.0. The fraction of sp³-hybridized carbons (Fsp3) is 0.688. The van der Waals surface area contributed by atoms with Crippen LogP contribution in [0.2, 0.25) is 0 Å². The molecule has 3 aliphatic rings. The molecule has 5 nitrogen and oxygen atoms in total. The van der Waals surface area contributed by atoms with E-state index in [0.717, 1.165) is 43.7 Å². The van der Waals surface area contributed by atoms with Crippen LogP contribution in [0.15, 0.2) is 11.6 Å². The Balaban J connectivity index is 1.49. The largest absolute Gasteiger partial charge is 0.339 e. The highest BCUT2D eigenvalue weighted by atomic mass is 32.1. The summed E-state index contributed by atoms with van der Waals surface area (Å²) in [5, 5.41) is 3.01. The zero-order valence-electron chi connectivity index (χ0n) is 12.6. The lowest BCUT2D eigenvalue weighted by Crippen LogP contribution is -2.42. The Labute approximate surface area is 134 Å². The molecule has 2 atom stereocenters. The van der Waals surface area contributed by atoms with E-state index < -0.39 is 0 Å². The number of hydrogen-bond acceptors (Lipinski definition) is 4. The zero-order chi connectivity index (χ0) is 15.1. The molecule has 1 aliphatic carbocycles. The second-order valence-electron chi connectivity index (χ2n) is 6.59. The molecule has 0 spiro atoms. The standard InChI is InChI=1S/C16H21N3O2S/c20-14-9-11(10-19(14)12-4-5-12)16(21)18-7-2-1-3-13(18)15-17-6-8-22-15/h6,8,11-13H,1-5,7,9-10H2/t11-,13-/m1/s1. The van der Waals surface area contributed by atoms with Gasteiger partial charge in [0, 0.05) is 37.1 Å². The lowest BCUT2D eigenvalue weighted by atomic mass is 9.99. The van der Waals surface area contributed by atoms with Crippen molar-refractivity contribution >= 4 is 23.2 Å². The van der Waals surface area contributed by atoms with E-state index in [2.05, 4.69) is 4.98 Å². The van der Waals surface area contributed by atoms with Gasteiger partial charge in [-0.05, 0) is 32.1 Å². The lowest BCUT2D eigenvalue weighted by Gasteiger charge is -2.36. The molecule has 0 aromatic carbocycles. The summed E-state index contributed by atoms with van der Waals surface area (Å²) in [6, 6.07) is 0.535. The van der Waals surface area contributed by atoms with Crippen LogP contribution in [0.25, 0.3) is 0 Å². The number of hydrogen-bond donors (Lipinski definition) is 0. The second kappa shape index (κ2) is 5.65. The van der Waals surface area contributed by atoms with Gasteiger partial charge in [-0.15, -0.1) is 11.3 Å². The Morgan fingerprint density at radius 2 is 2.14 bits per heavy atom. The number of thiazole rings is 1. The Hall–Kier alpha value is -1.43.